The Labute approximate surface area is 150 Å². The van der Waals surface area contributed by atoms with Crippen LogP contribution in [0.5, 0.6) is 6.01 Å². The number of amides is 2. The van der Waals surface area contributed by atoms with E-state index in [1.807, 2.05) is 0 Å². The molecule has 2 aliphatic heterocycles. The van der Waals surface area contributed by atoms with Crippen molar-refractivity contribution in [2.75, 3.05) is 19.7 Å². The Hall–Kier alpha value is -2.64. The van der Waals surface area contributed by atoms with E-state index in [-0.39, 0.29) is 17.3 Å². The first-order chi connectivity index (χ1) is 12.6. The number of fused-ring (bicyclic) bond motifs is 1. The van der Waals surface area contributed by atoms with E-state index in [1.165, 1.54) is 6.21 Å². The van der Waals surface area contributed by atoms with Gasteiger partial charge in [-0.15, -0.1) is 0 Å². The predicted octanol–water partition coefficient (Wildman–Crippen LogP) is 1.41. The minimum absolute atomic E-state index is 0.135. The van der Waals surface area contributed by atoms with Gasteiger partial charge in [0, 0.05) is 24.7 Å². The molecule has 1 saturated carbocycles. The van der Waals surface area contributed by atoms with E-state index in [1.54, 1.807) is 17.1 Å². The van der Waals surface area contributed by atoms with Gasteiger partial charge in [0.2, 0.25) is 5.91 Å². The Kier molecular flexibility index (Phi) is 4.26. The monoisotopic (exact) mass is 358 g/mol. The quantitative estimate of drug-likeness (QED) is 0.760. The van der Waals surface area contributed by atoms with Gasteiger partial charge in [-0.2, -0.15) is 0 Å². The lowest BCUT2D eigenvalue weighted by Crippen LogP contribution is -2.40. The molecule has 3 unspecified atom stereocenters. The molecule has 1 aromatic rings. The molecule has 1 aromatic heterocycles. The normalized spacial score (nSPS) is 29.9. The average Bonchev–Trinajstić information content (AvgIpc) is 3.18. The molecule has 3 aliphatic rings. The molecule has 7 nitrogen and oxygen atoms in total. The molecule has 0 N–H and O–H groups in total. The summed E-state index contributed by atoms with van der Waals surface area (Å²) in [6.07, 6.45) is 9.80. The van der Waals surface area contributed by atoms with Gasteiger partial charge in [0.1, 0.15) is 5.92 Å². The molecule has 2 fully saturated rings. The summed E-state index contributed by atoms with van der Waals surface area (Å²) in [6.45, 7) is 1.53. The number of halogens is 1. The Balaban J connectivity index is 1.45. The van der Waals surface area contributed by atoms with Crippen LogP contribution in [0.1, 0.15) is 19.3 Å². The summed E-state index contributed by atoms with van der Waals surface area (Å²) in [7, 11) is 0. The van der Waals surface area contributed by atoms with Crippen molar-refractivity contribution in [1.29, 1.82) is 0 Å². The van der Waals surface area contributed by atoms with E-state index in [2.05, 4.69) is 15.0 Å². The summed E-state index contributed by atoms with van der Waals surface area (Å²) in [5.74, 6) is -1.63. The van der Waals surface area contributed by atoms with Crippen molar-refractivity contribution in [3.63, 3.8) is 0 Å². The Morgan fingerprint density at radius 2 is 2.19 bits per heavy atom. The van der Waals surface area contributed by atoms with Crippen molar-refractivity contribution in [2.45, 2.75) is 19.3 Å². The maximum absolute atomic E-state index is 12.9. The number of hydrogen-bond donors (Lipinski definition) is 0. The lowest BCUT2D eigenvalue weighted by Gasteiger charge is -2.28. The highest BCUT2D eigenvalue weighted by atomic mass is 19.1. The molecule has 26 heavy (non-hydrogen) atoms. The molecule has 3 heterocycles. The van der Waals surface area contributed by atoms with Gasteiger partial charge in [-0.25, -0.2) is 19.4 Å². The van der Waals surface area contributed by atoms with Gasteiger partial charge in [0.15, 0.2) is 5.82 Å². The van der Waals surface area contributed by atoms with Crippen molar-refractivity contribution in [3.05, 3.63) is 30.4 Å². The molecule has 1 saturated heterocycles. The van der Waals surface area contributed by atoms with E-state index in [0.717, 1.165) is 31.7 Å². The summed E-state index contributed by atoms with van der Waals surface area (Å²) >= 11 is 0. The van der Waals surface area contributed by atoms with Crippen LogP contribution >= 0.6 is 0 Å². The second-order valence-electron chi connectivity index (χ2n) is 7.12. The number of dihydropyridines is 1. The second-order valence-corrected chi connectivity index (χ2v) is 7.12. The van der Waals surface area contributed by atoms with Crippen LogP contribution in [0.3, 0.4) is 0 Å². The Morgan fingerprint density at radius 3 is 2.96 bits per heavy atom. The van der Waals surface area contributed by atoms with Crippen molar-refractivity contribution in [1.82, 2.24) is 14.9 Å². The molecule has 136 valence electrons. The molecule has 0 radical (unpaired) electrons. The standard InChI is InChI=1S/C18H19FN4O3/c19-13-7-21-17(22-8-13)26-11-18-5-1-3-12(18)9-23(10-18)16(25)14-4-2-6-20-15(14)24/h2,4,6-8,12,14H,1,3,5,9-11H2. The maximum atomic E-state index is 12.9. The zero-order valence-electron chi connectivity index (χ0n) is 14.2. The van der Waals surface area contributed by atoms with Crippen molar-refractivity contribution >= 4 is 18.0 Å². The number of aliphatic imine (C=N–C) groups is 1. The summed E-state index contributed by atoms with van der Waals surface area (Å²) in [5.41, 5.74) is -0.169. The van der Waals surface area contributed by atoms with Crippen LogP contribution in [0.25, 0.3) is 0 Å². The molecule has 3 atom stereocenters. The smallest absolute Gasteiger partial charge is 0.316 e. The van der Waals surface area contributed by atoms with Crippen molar-refractivity contribution in [2.24, 2.45) is 22.2 Å². The van der Waals surface area contributed by atoms with Crippen LogP contribution in [0.4, 0.5) is 4.39 Å². The summed E-state index contributed by atoms with van der Waals surface area (Å²) in [4.78, 5) is 37.8. The maximum Gasteiger partial charge on any atom is 0.316 e. The van der Waals surface area contributed by atoms with Crippen LogP contribution in [0.15, 0.2) is 29.5 Å². The van der Waals surface area contributed by atoms with Crippen molar-refractivity contribution in [3.8, 4) is 6.01 Å². The zero-order chi connectivity index (χ0) is 18.1. The SMILES string of the molecule is O=C1N=CC=CC1C(=O)N1CC2CCCC2(COc2ncc(F)cn2)C1. The van der Waals surface area contributed by atoms with Gasteiger partial charge < -0.3 is 9.64 Å². The van der Waals surface area contributed by atoms with Crippen LogP contribution in [-0.2, 0) is 9.59 Å². The van der Waals surface area contributed by atoms with E-state index >= 15 is 0 Å². The van der Waals surface area contributed by atoms with E-state index < -0.39 is 17.6 Å². The van der Waals surface area contributed by atoms with Gasteiger partial charge in [-0.05, 0) is 24.8 Å². The lowest BCUT2D eigenvalue weighted by molar-refractivity contribution is -0.138. The third-order valence-corrected chi connectivity index (χ3v) is 5.56. The number of aromatic nitrogens is 2. The van der Waals surface area contributed by atoms with E-state index in [4.69, 9.17) is 4.74 Å². The number of ether oxygens (including phenoxy) is 1. The summed E-state index contributed by atoms with van der Waals surface area (Å²) in [6, 6.07) is 0.135. The van der Waals surface area contributed by atoms with Gasteiger partial charge in [0.25, 0.3) is 5.91 Å². The molecule has 2 amide bonds. The van der Waals surface area contributed by atoms with Crippen LogP contribution < -0.4 is 4.74 Å². The highest BCUT2D eigenvalue weighted by Crippen LogP contribution is 2.49. The highest BCUT2D eigenvalue weighted by molar-refractivity contribution is 6.07. The molecule has 1 aliphatic carbocycles. The fourth-order valence-electron chi connectivity index (χ4n) is 4.23. The number of hydrogen-bond acceptors (Lipinski definition) is 5. The van der Waals surface area contributed by atoms with Gasteiger partial charge in [0.05, 0.1) is 19.0 Å². The number of carbonyl (C=O) groups excluding carboxylic acids is 2. The molecule has 0 aromatic carbocycles. The summed E-state index contributed by atoms with van der Waals surface area (Å²) in [5, 5.41) is 0. The highest BCUT2D eigenvalue weighted by Gasteiger charge is 2.52. The second kappa shape index (κ2) is 6.59. The molecule has 0 spiro atoms. The first kappa shape index (κ1) is 16.8. The van der Waals surface area contributed by atoms with Crippen LogP contribution in [-0.4, -0.2) is 52.6 Å². The molecule has 8 heteroatoms. The minimum atomic E-state index is -0.822. The van der Waals surface area contributed by atoms with E-state index in [9.17, 15) is 14.0 Å². The minimum Gasteiger partial charge on any atom is -0.463 e. The lowest BCUT2D eigenvalue weighted by atomic mass is 9.82. The number of likely N-dealkylation sites (tertiary alicyclic amines) is 1. The van der Waals surface area contributed by atoms with Gasteiger partial charge in [-0.1, -0.05) is 12.5 Å². The predicted molar refractivity (Wildman–Crippen MR) is 90.0 cm³/mol. The van der Waals surface area contributed by atoms with Gasteiger partial charge in [-0.3, -0.25) is 9.59 Å². The third kappa shape index (κ3) is 3.00. The number of rotatable bonds is 4. The van der Waals surface area contributed by atoms with Gasteiger partial charge >= 0.3 is 6.01 Å². The molecular weight excluding hydrogens is 339 g/mol. The zero-order valence-corrected chi connectivity index (χ0v) is 14.2. The molecular formula is C18H19FN4O3. The third-order valence-electron chi connectivity index (χ3n) is 5.56. The van der Waals surface area contributed by atoms with E-state index in [0.29, 0.717) is 25.6 Å². The topological polar surface area (TPSA) is 84.8 Å². The van der Waals surface area contributed by atoms with Crippen LogP contribution in [0, 0.1) is 23.1 Å². The first-order valence-electron chi connectivity index (χ1n) is 8.71. The largest absolute Gasteiger partial charge is 0.463 e. The van der Waals surface area contributed by atoms with Crippen LogP contribution in [0.2, 0.25) is 0 Å². The fourth-order valence-corrected chi connectivity index (χ4v) is 4.23. The average molecular weight is 358 g/mol. The number of nitrogens with zero attached hydrogens (tertiary/aromatic N) is 4. The van der Waals surface area contributed by atoms with Crippen molar-refractivity contribution < 1.29 is 18.7 Å². The summed E-state index contributed by atoms with van der Waals surface area (Å²) < 4.78 is 18.6. The molecule has 0 bridgehead atoms. The fraction of sp³-hybridized carbons (Fsp3) is 0.500. The Morgan fingerprint density at radius 1 is 1.38 bits per heavy atom. The molecule has 4 rings (SSSR count). The first-order valence-corrected chi connectivity index (χ1v) is 8.71. The number of allylic oxidation sites excluding steroid dienone is 1. The Bertz CT molecular complexity index is 779. The number of carbonyl (C=O) groups is 2.